The van der Waals surface area contributed by atoms with Crippen molar-refractivity contribution in [2.45, 2.75) is 12.5 Å². The summed E-state index contributed by atoms with van der Waals surface area (Å²) in [6.07, 6.45) is 0.414. The van der Waals surface area contributed by atoms with Gasteiger partial charge in [-0.1, -0.05) is 30.3 Å². The van der Waals surface area contributed by atoms with Gasteiger partial charge in [0.2, 0.25) is 5.91 Å². The zero-order chi connectivity index (χ0) is 10.8. The molecule has 1 aliphatic heterocycles. The molecule has 1 fully saturated rings. The Bertz CT molecular complexity index is 388. The van der Waals surface area contributed by atoms with Crippen LogP contribution in [0.25, 0.3) is 0 Å². The molecular formula is C11H11NO3. The number of β-lactam (4-membered cyclic amide) rings is 1. The SMILES string of the molecule is O=C(O)CN1C(=O)C[C@@H]1c1ccccc1. The summed E-state index contributed by atoms with van der Waals surface area (Å²) < 4.78 is 0. The Hall–Kier alpha value is -1.84. The number of benzene rings is 1. The Morgan fingerprint density at radius 3 is 2.60 bits per heavy atom. The number of hydrogen-bond acceptors (Lipinski definition) is 2. The van der Waals surface area contributed by atoms with E-state index in [9.17, 15) is 9.59 Å². The number of carboxylic acid groups (broad SMARTS) is 1. The fourth-order valence-electron chi connectivity index (χ4n) is 1.77. The number of hydrogen-bond donors (Lipinski definition) is 1. The van der Waals surface area contributed by atoms with Gasteiger partial charge in [-0.25, -0.2) is 0 Å². The molecular weight excluding hydrogens is 194 g/mol. The number of likely N-dealkylation sites (tertiary alicyclic amines) is 1. The largest absolute Gasteiger partial charge is 0.480 e. The first-order chi connectivity index (χ1) is 7.18. The number of carbonyl (C=O) groups is 2. The fraction of sp³-hybridized carbons (Fsp3) is 0.273. The Morgan fingerprint density at radius 1 is 1.40 bits per heavy atom. The van der Waals surface area contributed by atoms with Crippen molar-refractivity contribution in [1.29, 1.82) is 0 Å². The van der Waals surface area contributed by atoms with Gasteiger partial charge in [-0.15, -0.1) is 0 Å². The lowest BCUT2D eigenvalue weighted by Gasteiger charge is -2.39. The highest BCUT2D eigenvalue weighted by molar-refractivity contribution is 5.87. The van der Waals surface area contributed by atoms with Crippen molar-refractivity contribution in [3.05, 3.63) is 35.9 Å². The summed E-state index contributed by atoms with van der Waals surface area (Å²) in [6.45, 7) is -0.210. The van der Waals surface area contributed by atoms with Gasteiger partial charge in [0, 0.05) is 0 Å². The van der Waals surface area contributed by atoms with Crippen LogP contribution in [-0.4, -0.2) is 28.4 Å². The monoisotopic (exact) mass is 205 g/mol. The van der Waals surface area contributed by atoms with Crippen LogP contribution in [0.4, 0.5) is 0 Å². The molecule has 0 saturated carbocycles. The lowest BCUT2D eigenvalue weighted by atomic mass is 9.94. The molecule has 0 bridgehead atoms. The van der Waals surface area contributed by atoms with E-state index in [1.807, 2.05) is 30.3 Å². The minimum atomic E-state index is -0.969. The van der Waals surface area contributed by atoms with E-state index in [1.54, 1.807) is 0 Å². The molecule has 1 aromatic rings. The van der Waals surface area contributed by atoms with E-state index in [1.165, 1.54) is 4.90 Å². The van der Waals surface area contributed by atoms with E-state index in [4.69, 9.17) is 5.11 Å². The van der Waals surface area contributed by atoms with Crippen LogP contribution in [0.3, 0.4) is 0 Å². The molecule has 0 unspecified atom stereocenters. The molecule has 1 heterocycles. The average molecular weight is 205 g/mol. The van der Waals surface area contributed by atoms with Gasteiger partial charge in [0.25, 0.3) is 0 Å². The second-order valence-electron chi connectivity index (χ2n) is 3.55. The standard InChI is InChI=1S/C11H11NO3/c13-10-6-9(12(10)7-11(14)15)8-4-2-1-3-5-8/h1-5,9H,6-7H2,(H,14,15)/t9-/m1/s1. The highest BCUT2D eigenvalue weighted by atomic mass is 16.4. The second-order valence-corrected chi connectivity index (χ2v) is 3.55. The Morgan fingerprint density at radius 2 is 2.07 bits per heavy atom. The van der Waals surface area contributed by atoms with Crippen LogP contribution in [0.2, 0.25) is 0 Å². The summed E-state index contributed by atoms with van der Waals surface area (Å²) in [4.78, 5) is 23.1. The van der Waals surface area contributed by atoms with E-state index in [0.29, 0.717) is 6.42 Å². The quantitative estimate of drug-likeness (QED) is 0.750. The maximum absolute atomic E-state index is 11.2. The third-order valence-electron chi connectivity index (χ3n) is 2.55. The predicted molar refractivity (Wildman–Crippen MR) is 53.1 cm³/mol. The van der Waals surface area contributed by atoms with Gasteiger partial charge < -0.3 is 10.0 Å². The van der Waals surface area contributed by atoms with Crippen LogP contribution in [0.15, 0.2) is 30.3 Å². The highest BCUT2D eigenvalue weighted by Crippen LogP contribution is 2.33. The van der Waals surface area contributed by atoms with Gasteiger partial charge in [0.05, 0.1) is 12.5 Å². The molecule has 1 saturated heterocycles. The van der Waals surface area contributed by atoms with E-state index in [-0.39, 0.29) is 18.5 Å². The van der Waals surface area contributed by atoms with Crippen molar-refractivity contribution < 1.29 is 14.7 Å². The number of amides is 1. The van der Waals surface area contributed by atoms with Crippen molar-refractivity contribution in [3.63, 3.8) is 0 Å². The van der Waals surface area contributed by atoms with Crippen molar-refractivity contribution in [2.24, 2.45) is 0 Å². The molecule has 0 aliphatic carbocycles. The zero-order valence-corrected chi connectivity index (χ0v) is 8.09. The second kappa shape index (κ2) is 3.73. The van der Waals surface area contributed by atoms with Crippen LogP contribution in [0.5, 0.6) is 0 Å². The topological polar surface area (TPSA) is 57.6 Å². The minimum Gasteiger partial charge on any atom is -0.480 e. The Labute approximate surface area is 87.1 Å². The molecule has 1 atom stereocenters. The van der Waals surface area contributed by atoms with Gasteiger partial charge in [0.15, 0.2) is 0 Å². The third kappa shape index (κ3) is 1.83. The van der Waals surface area contributed by atoms with Crippen LogP contribution in [0.1, 0.15) is 18.0 Å². The molecule has 2 rings (SSSR count). The first-order valence-corrected chi connectivity index (χ1v) is 4.74. The molecule has 78 valence electrons. The number of aliphatic carboxylic acids is 1. The number of carbonyl (C=O) groups excluding carboxylic acids is 1. The van der Waals surface area contributed by atoms with E-state index >= 15 is 0 Å². The van der Waals surface area contributed by atoms with Gasteiger partial charge in [-0.2, -0.15) is 0 Å². The summed E-state index contributed by atoms with van der Waals surface area (Å²) >= 11 is 0. The molecule has 4 nitrogen and oxygen atoms in total. The molecule has 15 heavy (non-hydrogen) atoms. The average Bonchev–Trinajstić information content (AvgIpc) is 2.24. The van der Waals surface area contributed by atoms with Gasteiger partial charge in [-0.3, -0.25) is 9.59 Å². The Balaban J connectivity index is 2.12. The molecule has 1 aliphatic rings. The molecule has 1 N–H and O–H groups in total. The fourth-order valence-corrected chi connectivity index (χ4v) is 1.77. The number of rotatable bonds is 3. The van der Waals surface area contributed by atoms with Crippen molar-refractivity contribution in [3.8, 4) is 0 Å². The van der Waals surface area contributed by atoms with Crippen LogP contribution < -0.4 is 0 Å². The molecule has 0 radical (unpaired) electrons. The van der Waals surface area contributed by atoms with Crippen LogP contribution >= 0.6 is 0 Å². The molecule has 0 aromatic heterocycles. The van der Waals surface area contributed by atoms with Crippen molar-refractivity contribution >= 4 is 11.9 Å². The Kier molecular flexibility index (Phi) is 2.41. The highest BCUT2D eigenvalue weighted by Gasteiger charge is 2.37. The summed E-state index contributed by atoms with van der Waals surface area (Å²) in [7, 11) is 0. The number of carboxylic acids is 1. The normalized spacial score (nSPS) is 19.9. The minimum absolute atomic E-state index is 0.0604. The first kappa shape index (κ1) is 9.71. The molecule has 1 amide bonds. The molecule has 4 heteroatoms. The van der Waals surface area contributed by atoms with Crippen LogP contribution in [0, 0.1) is 0 Å². The smallest absolute Gasteiger partial charge is 0.323 e. The van der Waals surface area contributed by atoms with E-state index < -0.39 is 5.97 Å². The lowest BCUT2D eigenvalue weighted by Crippen LogP contribution is -2.48. The third-order valence-corrected chi connectivity index (χ3v) is 2.55. The molecule has 1 aromatic carbocycles. The molecule has 0 spiro atoms. The predicted octanol–water partition coefficient (Wildman–Crippen LogP) is 1.04. The zero-order valence-electron chi connectivity index (χ0n) is 8.09. The summed E-state index contributed by atoms with van der Waals surface area (Å²) in [5.41, 5.74) is 0.998. The lowest BCUT2D eigenvalue weighted by molar-refractivity contribution is -0.155. The summed E-state index contributed by atoms with van der Waals surface area (Å²) in [5.74, 6) is -1.06. The van der Waals surface area contributed by atoms with Crippen LogP contribution in [-0.2, 0) is 9.59 Å². The number of nitrogens with zero attached hydrogens (tertiary/aromatic N) is 1. The summed E-state index contributed by atoms with van der Waals surface area (Å²) in [5, 5.41) is 8.64. The van der Waals surface area contributed by atoms with E-state index in [2.05, 4.69) is 0 Å². The maximum Gasteiger partial charge on any atom is 0.323 e. The van der Waals surface area contributed by atoms with Gasteiger partial charge in [0.1, 0.15) is 6.54 Å². The van der Waals surface area contributed by atoms with Crippen molar-refractivity contribution in [1.82, 2.24) is 4.90 Å². The summed E-state index contributed by atoms with van der Waals surface area (Å²) in [6, 6.07) is 9.42. The van der Waals surface area contributed by atoms with Gasteiger partial charge in [-0.05, 0) is 5.56 Å². The first-order valence-electron chi connectivity index (χ1n) is 4.74. The van der Waals surface area contributed by atoms with Crippen molar-refractivity contribution in [2.75, 3.05) is 6.54 Å². The van der Waals surface area contributed by atoms with Gasteiger partial charge >= 0.3 is 5.97 Å². The maximum atomic E-state index is 11.2. The van der Waals surface area contributed by atoms with E-state index in [0.717, 1.165) is 5.56 Å².